The van der Waals surface area contributed by atoms with Crippen LogP contribution in [-0.2, 0) is 9.47 Å². The van der Waals surface area contributed by atoms with Crippen LogP contribution in [0.4, 0.5) is 4.79 Å². The van der Waals surface area contributed by atoms with Gasteiger partial charge in [-0.25, -0.2) is 4.79 Å². The summed E-state index contributed by atoms with van der Waals surface area (Å²) in [6.45, 7) is 9.18. The Morgan fingerprint density at radius 2 is 2.10 bits per heavy atom. The highest BCUT2D eigenvalue weighted by Gasteiger charge is 2.56. The number of carbonyl (C=O) groups is 1. The van der Waals surface area contributed by atoms with E-state index in [9.17, 15) is 15.0 Å². The molecule has 4 atom stereocenters. The molecule has 0 heterocycles. The summed E-state index contributed by atoms with van der Waals surface area (Å²) in [4.78, 5) is 11.8. The summed E-state index contributed by atoms with van der Waals surface area (Å²) in [5.74, 6) is 5.47. The molecule has 0 bridgehead atoms. The minimum absolute atomic E-state index is 0.174. The standard InChI is InChI=1S/C16H26O5/c1-6-20-14(19)21-16(8-7-12(3)17)11(2)9-13(18)10-15(16,4)5/h11-13,17-18H,6,9-10H2,1-5H3. The predicted octanol–water partition coefficient (Wildman–Crippen LogP) is 2.10. The topological polar surface area (TPSA) is 76.0 Å². The van der Waals surface area contributed by atoms with E-state index in [0.29, 0.717) is 12.8 Å². The lowest BCUT2D eigenvalue weighted by Gasteiger charge is -2.50. The van der Waals surface area contributed by atoms with E-state index >= 15 is 0 Å². The lowest BCUT2D eigenvalue weighted by molar-refractivity contribution is -0.139. The molecule has 1 rings (SSSR count). The minimum Gasteiger partial charge on any atom is -0.435 e. The van der Waals surface area contributed by atoms with Crippen LogP contribution in [0.3, 0.4) is 0 Å². The van der Waals surface area contributed by atoms with Crippen LogP contribution in [-0.4, -0.2) is 40.8 Å². The van der Waals surface area contributed by atoms with Crippen molar-refractivity contribution < 1.29 is 24.5 Å². The summed E-state index contributed by atoms with van der Waals surface area (Å²) < 4.78 is 10.5. The van der Waals surface area contributed by atoms with Gasteiger partial charge in [-0.05, 0) is 26.7 Å². The van der Waals surface area contributed by atoms with E-state index < -0.39 is 29.4 Å². The normalized spacial score (nSPS) is 32.5. The van der Waals surface area contributed by atoms with Crippen LogP contribution in [0.5, 0.6) is 0 Å². The average Bonchev–Trinajstić information content (AvgIpc) is 2.31. The van der Waals surface area contributed by atoms with Crippen molar-refractivity contribution in [3.05, 3.63) is 0 Å². The maximum Gasteiger partial charge on any atom is 0.509 e. The first kappa shape index (κ1) is 17.8. The fraction of sp³-hybridized carbons (Fsp3) is 0.812. The van der Waals surface area contributed by atoms with Crippen molar-refractivity contribution in [3.63, 3.8) is 0 Å². The van der Waals surface area contributed by atoms with Crippen molar-refractivity contribution in [2.45, 2.75) is 65.3 Å². The van der Waals surface area contributed by atoms with Gasteiger partial charge in [0, 0.05) is 11.3 Å². The van der Waals surface area contributed by atoms with Gasteiger partial charge in [-0.1, -0.05) is 32.6 Å². The molecule has 2 N–H and O–H groups in total. The van der Waals surface area contributed by atoms with Crippen LogP contribution in [0.2, 0.25) is 0 Å². The van der Waals surface area contributed by atoms with Crippen molar-refractivity contribution in [1.82, 2.24) is 0 Å². The van der Waals surface area contributed by atoms with Gasteiger partial charge < -0.3 is 19.7 Å². The van der Waals surface area contributed by atoms with Gasteiger partial charge in [0.05, 0.1) is 12.7 Å². The maximum absolute atomic E-state index is 11.8. The van der Waals surface area contributed by atoms with E-state index in [2.05, 4.69) is 11.8 Å². The highest BCUT2D eigenvalue weighted by molar-refractivity contribution is 5.61. The average molecular weight is 298 g/mol. The zero-order valence-corrected chi connectivity index (χ0v) is 13.5. The van der Waals surface area contributed by atoms with E-state index in [0.717, 1.165) is 0 Å². The number of aliphatic hydroxyl groups is 2. The van der Waals surface area contributed by atoms with E-state index in [1.165, 1.54) is 0 Å². The Hall–Kier alpha value is -1.25. The Morgan fingerprint density at radius 1 is 1.48 bits per heavy atom. The molecule has 1 aliphatic carbocycles. The van der Waals surface area contributed by atoms with Crippen molar-refractivity contribution in [2.75, 3.05) is 6.61 Å². The number of carbonyl (C=O) groups excluding carboxylic acids is 1. The first-order valence-electron chi connectivity index (χ1n) is 7.39. The fourth-order valence-electron chi connectivity index (χ4n) is 3.11. The third kappa shape index (κ3) is 3.90. The number of ether oxygens (including phenoxy) is 2. The molecule has 0 aromatic carbocycles. The van der Waals surface area contributed by atoms with Crippen LogP contribution in [0.1, 0.15) is 47.5 Å². The van der Waals surface area contributed by atoms with Gasteiger partial charge in [-0.15, -0.1) is 0 Å². The molecular weight excluding hydrogens is 272 g/mol. The third-order valence-electron chi connectivity index (χ3n) is 4.04. The highest BCUT2D eigenvalue weighted by atomic mass is 16.7. The number of rotatable bonds is 2. The second-order valence-corrected chi connectivity index (χ2v) is 6.34. The molecule has 0 radical (unpaired) electrons. The number of hydrogen-bond donors (Lipinski definition) is 2. The second-order valence-electron chi connectivity index (χ2n) is 6.34. The third-order valence-corrected chi connectivity index (χ3v) is 4.04. The zero-order valence-electron chi connectivity index (χ0n) is 13.5. The molecule has 0 aromatic rings. The summed E-state index contributed by atoms with van der Waals surface area (Å²) >= 11 is 0. The maximum atomic E-state index is 11.8. The quantitative estimate of drug-likeness (QED) is 0.603. The van der Waals surface area contributed by atoms with E-state index in [1.54, 1.807) is 13.8 Å². The van der Waals surface area contributed by atoms with E-state index in [-0.39, 0.29) is 12.5 Å². The molecule has 21 heavy (non-hydrogen) atoms. The molecule has 1 aliphatic rings. The smallest absolute Gasteiger partial charge is 0.435 e. The molecule has 1 saturated carbocycles. The molecule has 0 saturated heterocycles. The summed E-state index contributed by atoms with van der Waals surface area (Å²) in [6, 6.07) is 0. The number of aliphatic hydroxyl groups excluding tert-OH is 2. The molecule has 0 aliphatic heterocycles. The van der Waals surface area contributed by atoms with E-state index in [1.807, 2.05) is 20.8 Å². The largest absolute Gasteiger partial charge is 0.509 e. The van der Waals surface area contributed by atoms with E-state index in [4.69, 9.17) is 9.47 Å². The number of hydrogen-bond acceptors (Lipinski definition) is 5. The van der Waals surface area contributed by atoms with Gasteiger partial charge in [0.25, 0.3) is 0 Å². The van der Waals surface area contributed by atoms with Gasteiger partial charge in [0.2, 0.25) is 0 Å². The molecule has 1 fully saturated rings. The van der Waals surface area contributed by atoms with Gasteiger partial charge >= 0.3 is 6.16 Å². The zero-order chi connectivity index (χ0) is 16.3. The Morgan fingerprint density at radius 3 is 2.57 bits per heavy atom. The van der Waals surface area contributed by atoms with Crippen LogP contribution < -0.4 is 0 Å². The molecule has 0 spiro atoms. The Balaban J connectivity index is 3.22. The molecule has 120 valence electrons. The molecule has 4 unspecified atom stereocenters. The minimum atomic E-state index is -1.09. The van der Waals surface area contributed by atoms with Crippen LogP contribution >= 0.6 is 0 Å². The predicted molar refractivity (Wildman–Crippen MR) is 78.5 cm³/mol. The Kier molecular flexibility index (Phi) is 5.66. The molecule has 0 aromatic heterocycles. The Labute approximate surface area is 126 Å². The Bertz CT molecular complexity index is 432. The van der Waals surface area contributed by atoms with Crippen molar-refractivity contribution in [3.8, 4) is 11.8 Å². The SMILES string of the molecule is CCOC(=O)OC1(C#CC(C)O)C(C)CC(O)CC1(C)C. The van der Waals surface area contributed by atoms with Crippen LogP contribution in [0.25, 0.3) is 0 Å². The first-order chi connectivity index (χ1) is 9.64. The first-order valence-corrected chi connectivity index (χ1v) is 7.39. The van der Waals surface area contributed by atoms with Crippen molar-refractivity contribution in [2.24, 2.45) is 11.3 Å². The van der Waals surface area contributed by atoms with Crippen molar-refractivity contribution >= 4 is 6.16 Å². The molecule has 5 heteroatoms. The highest BCUT2D eigenvalue weighted by Crippen LogP contribution is 2.49. The molecule has 5 nitrogen and oxygen atoms in total. The summed E-state index contributed by atoms with van der Waals surface area (Å²) in [5.41, 5.74) is -1.64. The van der Waals surface area contributed by atoms with Crippen LogP contribution in [0, 0.1) is 23.2 Å². The summed E-state index contributed by atoms with van der Waals surface area (Å²) in [6.07, 6.45) is -1.10. The summed E-state index contributed by atoms with van der Waals surface area (Å²) in [5, 5.41) is 19.4. The van der Waals surface area contributed by atoms with Crippen LogP contribution in [0.15, 0.2) is 0 Å². The van der Waals surface area contributed by atoms with Gasteiger partial charge in [0.1, 0.15) is 6.10 Å². The van der Waals surface area contributed by atoms with Gasteiger partial charge in [-0.2, -0.15) is 0 Å². The van der Waals surface area contributed by atoms with Gasteiger partial charge in [0.15, 0.2) is 5.60 Å². The lowest BCUT2D eigenvalue weighted by atomic mass is 9.60. The van der Waals surface area contributed by atoms with Crippen molar-refractivity contribution in [1.29, 1.82) is 0 Å². The fourth-order valence-corrected chi connectivity index (χ4v) is 3.11. The molecular formula is C16H26O5. The monoisotopic (exact) mass is 298 g/mol. The second kappa shape index (κ2) is 6.67. The summed E-state index contributed by atoms with van der Waals surface area (Å²) in [7, 11) is 0. The van der Waals surface area contributed by atoms with Gasteiger partial charge in [-0.3, -0.25) is 0 Å². The molecule has 0 amide bonds. The lowest BCUT2D eigenvalue weighted by Crippen LogP contribution is -2.57.